The molecule has 126 valence electrons. The monoisotopic (exact) mass is 331 g/mol. The van der Waals surface area contributed by atoms with Gasteiger partial charge in [-0.15, -0.1) is 0 Å². The van der Waals surface area contributed by atoms with E-state index in [-0.39, 0.29) is 6.54 Å². The van der Waals surface area contributed by atoms with E-state index in [1.807, 2.05) is 6.07 Å². The normalized spacial score (nSPS) is 15.9. The summed E-state index contributed by atoms with van der Waals surface area (Å²) in [6.45, 7) is 3.51. The minimum absolute atomic E-state index is 0.247. The first kappa shape index (κ1) is 17.3. The van der Waals surface area contributed by atoms with Gasteiger partial charge in [0.1, 0.15) is 5.75 Å². The van der Waals surface area contributed by atoms with Crippen LogP contribution in [0, 0.1) is 11.3 Å². The molecule has 1 fully saturated rings. The molecule has 1 aromatic carbocycles. The van der Waals surface area contributed by atoms with Crippen molar-refractivity contribution >= 4 is 17.9 Å². The first-order chi connectivity index (χ1) is 11.4. The lowest BCUT2D eigenvalue weighted by Gasteiger charge is -2.20. The second-order valence-electron chi connectivity index (χ2n) is 5.20. The molecule has 0 saturated carbocycles. The van der Waals surface area contributed by atoms with Crippen LogP contribution in [-0.2, 0) is 14.3 Å². The Bertz CT molecular complexity index is 680. The van der Waals surface area contributed by atoms with Gasteiger partial charge in [-0.2, -0.15) is 5.26 Å². The topological polar surface area (TPSA) is 109 Å². The summed E-state index contributed by atoms with van der Waals surface area (Å²) in [7, 11) is 0. The predicted octanol–water partition coefficient (Wildman–Crippen LogP) is 0.809. The molecule has 0 spiro atoms. The number of esters is 1. The maximum Gasteiger partial charge on any atom is 0.347 e. The molecular formula is C16H17N3O5. The summed E-state index contributed by atoms with van der Waals surface area (Å²) in [4.78, 5) is 36.5. The molecular weight excluding hydrogens is 314 g/mol. The van der Waals surface area contributed by atoms with Crippen LogP contribution in [0.15, 0.2) is 24.3 Å². The lowest BCUT2D eigenvalue weighted by atomic mass is 10.2. The van der Waals surface area contributed by atoms with E-state index in [2.05, 4.69) is 5.32 Å². The Kier molecular flexibility index (Phi) is 5.37. The fourth-order valence-corrected chi connectivity index (χ4v) is 2.08. The molecule has 2 atom stereocenters. The highest BCUT2D eigenvalue weighted by Crippen LogP contribution is 2.14. The third-order valence-corrected chi connectivity index (χ3v) is 3.39. The Labute approximate surface area is 138 Å². The quantitative estimate of drug-likeness (QED) is 0.800. The number of rotatable bonds is 5. The van der Waals surface area contributed by atoms with Crippen LogP contribution in [0.25, 0.3) is 0 Å². The van der Waals surface area contributed by atoms with E-state index in [9.17, 15) is 14.4 Å². The molecule has 1 aliphatic heterocycles. The number of amides is 3. The van der Waals surface area contributed by atoms with Crippen molar-refractivity contribution in [3.05, 3.63) is 29.8 Å². The molecule has 0 unspecified atom stereocenters. The molecule has 1 aliphatic rings. The van der Waals surface area contributed by atoms with Crippen LogP contribution in [-0.4, -0.2) is 48.1 Å². The zero-order valence-corrected chi connectivity index (χ0v) is 13.3. The SMILES string of the molecule is C[C@H](Oc1ccc(C#N)cc1)C(=O)O[C@@H](C)C(=O)N1CCNC1=O. The fraction of sp³-hybridized carbons (Fsp3) is 0.375. The van der Waals surface area contributed by atoms with Crippen LogP contribution in [0.1, 0.15) is 19.4 Å². The lowest BCUT2D eigenvalue weighted by Crippen LogP contribution is -2.43. The van der Waals surface area contributed by atoms with Gasteiger partial charge in [0.05, 0.1) is 11.6 Å². The van der Waals surface area contributed by atoms with Gasteiger partial charge in [-0.05, 0) is 38.1 Å². The van der Waals surface area contributed by atoms with Gasteiger partial charge in [-0.1, -0.05) is 0 Å². The highest BCUT2D eigenvalue weighted by atomic mass is 16.6. The van der Waals surface area contributed by atoms with Crippen molar-refractivity contribution in [2.75, 3.05) is 13.1 Å². The number of hydrogen-bond acceptors (Lipinski definition) is 6. The van der Waals surface area contributed by atoms with Crippen molar-refractivity contribution in [2.24, 2.45) is 0 Å². The summed E-state index contributed by atoms with van der Waals surface area (Å²) >= 11 is 0. The standard InChI is InChI=1S/C16H17N3O5/c1-10(14(20)19-8-7-18-16(19)22)24-15(21)11(2)23-13-5-3-12(9-17)4-6-13/h3-6,10-11H,7-8H2,1-2H3,(H,18,22)/t10-,11-/m0/s1. The van der Waals surface area contributed by atoms with Crippen LogP contribution >= 0.6 is 0 Å². The maximum atomic E-state index is 12.1. The molecule has 0 aliphatic carbocycles. The molecule has 8 heteroatoms. The minimum atomic E-state index is -1.09. The van der Waals surface area contributed by atoms with E-state index in [0.29, 0.717) is 17.9 Å². The first-order valence-corrected chi connectivity index (χ1v) is 7.39. The Balaban J connectivity index is 1.89. The molecule has 0 aromatic heterocycles. The maximum absolute atomic E-state index is 12.1. The molecule has 2 rings (SSSR count). The zero-order chi connectivity index (χ0) is 17.7. The van der Waals surface area contributed by atoms with Crippen LogP contribution in [0.3, 0.4) is 0 Å². The zero-order valence-electron chi connectivity index (χ0n) is 13.3. The highest BCUT2D eigenvalue weighted by Gasteiger charge is 2.32. The van der Waals surface area contributed by atoms with Crippen molar-refractivity contribution < 1.29 is 23.9 Å². The van der Waals surface area contributed by atoms with Crippen molar-refractivity contribution in [2.45, 2.75) is 26.1 Å². The summed E-state index contributed by atoms with van der Waals surface area (Å²) in [5.74, 6) is -0.903. The van der Waals surface area contributed by atoms with Gasteiger partial charge in [-0.3, -0.25) is 9.69 Å². The predicted molar refractivity (Wildman–Crippen MR) is 81.9 cm³/mol. The van der Waals surface area contributed by atoms with Gasteiger partial charge >= 0.3 is 12.0 Å². The number of nitrogens with one attached hydrogen (secondary N) is 1. The molecule has 1 saturated heterocycles. The Morgan fingerprint density at radius 3 is 2.46 bits per heavy atom. The number of nitriles is 1. The summed E-state index contributed by atoms with van der Waals surface area (Å²) in [6, 6.07) is 7.73. The molecule has 0 radical (unpaired) electrons. The van der Waals surface area contributed by atoms with E-state index in [0.717, 1.165) is 4.90 Å². The van der Waals surface area contributed by atoms with Gasteiger partial charge in [0.2, 0.25) is 0 Å². The molecule has 24 heavy (non-hydrogen) atoms. The molecule has 3 amide bonds. The Hall–Kier alpha value is -3.08. The van der Waals surface area contributed by atoms with Crippen LogP contribution in [0.4, 0.5) is 4.79 Å². The first-order valence-electron chi connectivity index (χ1n) is 7.39. The van der Waals surface area contributed by atoms with Crippen LogP contribution in [0.5, 0.6) is 5.75 Å². The summed E-state index contributed by atoms with van der Waals surface area (Å²) < 4.78 is 10.5. The average molecular weight is 331 g/mol. The van der Waals surface area contributed by atoms with Gasteiger partial charge in [0, 0.05) is 13.1 Å². The second-order valence-corrected chi connectivity index (χ2v) is 5.20. The van der Waals surface area contributed by atoms with Crippen molar-refractivity contribution in [1.29, 1.82) is 5.26 Å². The van der Waals surface area contributed by atoms with Crippen molar-refractivity contribution in [3.8, 4) is 11.8 Å². The number of carbonyl (C=O) groups excluding carboxylic acids is 3. The Morgan fingerprint density at radius 2 is 1.92 bits per heavy atom. The average Bonchev–Trinajstić information content (AvgIpc) is 3.00. The third-order valence-electron chi connectivity index (χ3n) is 3.39. The summed E-state index contributed by atoms with van der Waals surface area (Å²) in [5, 5.41) is 11.2. The number of hydrogen-bond donors (Lipinski definition) is 1. The second kappa shape index (κ2) is 7.46. The van der Waals surface area contributed by atoms with Crippen molar-refractivity contribution in [3.63, 3.8) is 0 Å². The van der Waals surface area contributed by atoms with Crippen LogP contribution < -0.4 is 10.1 Å². The van der Waals surface area contributed by atoms with E-state index in [4.69, 9.17) is 14.7 Å². The van der Waals surface area contributed by atoms with Gasteiger partial charge in [0.25, 0.3) is 5.91 Å². The number of ether oxygens (including phenoxy) is 2. The minimum Gasteiger partial charge on any atom is -0.479 e. The lowest BCUT2D eigenvalue weighted by molar-refractivity contribution is -0.163. The third kappa shape index (κ3) is 4.01. The molecule has 1 heterocycles. The summed E-state index contributed by atoms with van der Waals surface area (Å²) in [5.41, 5.74) is 0.473. The largest absolute Gasteiger partial charge is 0.479 e. The summed E-state index contributed by atoms with van der Waals surface area (Å²) in [6.07, 6.45) is -2.03. The van der Waals surface area contributed by atoms with Gasteiger partial charge < -0.3 is 14.8 Å². The van der Waals surface area contributed by atoms with Gasteiger partial charge in [0.15, 0.2) is 12.2 Å². The molecule has 8 nitrogen and oxygen atoms in total. The number of benzene rings is 1. The molecule has 1 aromatic rings. The van der Waals surface area contributed by atoms with Crippen molar-refractivity contribution in [1.82, 2.24) is 10.2 Å². The van der Waals surface area contributed by atoms with E-state index in [1.165, 1.54) is 13.8 Å². The number of nitrogens with zero attached hydrogens (tertiary/aromatic N) is 2. The van der Waals surface area contributed by atoms with E-state index in [1.54, 1.807) is 24.3 Å². The highest BCUT2D eigenvalue weighted by molar-refractivity contribution is 5.98. The van der Waals surface area contributed by atoms with Gasteiger partial charge in [-0.25, -0.2) is 9.59 Å². The molecule has 0 bridgehead atoms. The fourth-order valence-electron chi connectivity index (χ4n) is 2.08. The van der Waals surface area contributed by atoms with E-state index < -0.39 is 30.1 Å². The number of carbonyl (C=O) groups is 3. The number of imide groups is 1. The smallest absolute Gasteiger partial charge is 0.347 e. The van der Waals surface area contributed by atoms with Crippen LogP contribution in [0.2, 0.25) is 0 Å². The Morgan fingerprint density at radius 1 is 1.25 bits per heavy atom. The molecule has 1 N–H and O–H groups in total. The van der Waals surface area contributed by atoms with E-state index >= 15 is 0 Å². The number of urea groups is 1.